The van der Waals surface area contributed by atoms with Gasteiger partial charge in [0.15, 0.2) is 0 Å². The molecule has 0 amide bonds. The maximum absolute atomic E-state index is 8.54. The van der Waals surface area contributed by atoms with Crippen LogP contribution < -0.4 is 5.32 Å². The summed E-state index contributed by atoms with van der Waals surface area (Å²) < 4.78 is 0. The lowest BCUT2D eigenvalue weighted by Gasteiger charge is -1.95. The van der Waals surface area contributed by atoms with E-state index in [4.69, 9.17) is 5.11 Å². The molecule has 1 aromatic rings. The van der Waals surface area contributed by atoms with Gasteiger partial charge in [0.05, 0.1) is 6.61 Å². The van der Waals surface area contributed by atoms with Crippen LogP contribution >= 0.6 is 0 Å². The second-order valence-corrected chi connectivity index (χ2v) is 3.64. The molecule has 16 heavy (non-hydrogen) atoms. The normalized spacial score (nSPS) is 17.9. The van der Waals surface area contributed by atoms with Crippen molar-refractivity contribution in [1.82, 2.24) is 5.32 Å². The Labute approximate surface area is 99.7 Å². The standard InChI is InChI=1S/C7H8O.C5H11N.C2H6/c8-6-7-4-2-1-3-5-7;1-5-3-2-4-6-5;1-2/h1-5,8H,6H2;5-6H,2-4H2,1H3;1-2H3/t;5-;/m.1./s1. The Balaban J connectivity index is 0.000000251. The number of hydrogen-bond donors (Lipinski definition) is 2. The van der Waals surface area contributed by atoms with Gasteiger partial charge >= 0.3 is 0 Å². The molecule has 1 aromatic carbocycles. The molecule has 0 spiro atoms. The molecule has 0 unspecified atom stereocenters. The second kappa shape index (κ2) is 10.7. The summed E-state index contributed by atoms with van der Waals surface area (Å²) in [5.41, 5.74) is 0.965. The minimum atomic E-state index is 0.140. The molecule has 1 atom stereocenters. The van der Waals surface area contributed by atoms with Gasteiger partial charge in [0.25, 0.3) is 0 Å². The van der Waals surface area contributed by atoms with Crippen molar-refractivity contribution in [2.24, 2.45) is 0 Å². The molecule has 2 nitrogen and oxygen atoms in total. The van der Waals surface area contributed by atoms with Gasteiger partial charge in [0.2, 0.25) is 0 Å². The summed E-state index contributed by atoms with van der Waals surface area (Å²) in [4.78, 5) is 0. The van der Waals surface area contributed by atoms with E-state index in [1.807, 2.05) is 44.2 Å². The van der Waals surface area contributed by atoms with Crippen LogP contribution in [0.1, 0.15) is 39.2 Å². The fourth-order valence-corrected chi connectivity index (χ4v) is 1.44. The van der Waals surface area contributed by atoms with Gasteiger partial charge in [0, 0.05) is 6.04 Å². The lowest BCUT2D eigenvalue weighted by atomic mass is 10.2. The van der Waals surface area contributed by atoms with E-state index >= 15 is 0 Å². The smallest absolute Gasteiger partial charge is 0.0681 e. The van der Waals surface area contributed by atoms with Crippen molar-refractivity contribution in [2.75, 3.05) is 6.54 Å². The molecule has 1 aliphatic rings. The Morgan fingerprint density at radius 2 is 1.88 bits per heavy atom. The van der Waals surface area contributed by atoms with Crippen molar-refractivity contribution in [3.63, 3.8) is 0 Å². The molecule has 0 radical (unpaired) electrons. The first-order valence-corrected chi connectivity index (χ1v) is 6.21. The third kappa shape index (κ3) is 7.43. The Hall–Kier alpha value is -0.860. The van der Waals surface area contributed by atoms with Gasteiger partial charge < -0.3 is 10.4 Å². The number of aliphatic hydroxyl groups is 1. The van der Waals surface area contributed by atoms with E-state index in [2.05, 4.69) is 12.2 Å². The van der Waals surface area contributed by atoms with Gasteiger partial charge in [-0.25, -0.2) is 0 Å². The third-order valence-electron chi connectivity index (χ3n) is 2.33. The number of hydrogen-bond acceptors (Lipinski definition) is 2. The average Bonchev–Trinajstić information content (AvgIpc) is 2.85. The van der Waals surface area contributed by atoms with Crippen LogP contribution in [0.3, 0.4) is 0 Å². The van der Waals surface area contributed by atoms with Crippen LogP contribution in [-0.2, 0) is 6.61 Å². The molecule has 1 aliphatic heterocycles. The van der Waals surface area contributed by atoms with Gasteiger partial charge in [-0.05, 0) is 31.9 Å². The lowest BCUT2D eigenvalue weighted by Crippen LogP contribution is -2.16. The van der Waals surface area contributed by atoms with E-state index < -0.39 is 0 Å². The van der Waals surface area contributed by atoms with Crippen LogP contribution in [0.4, 0.5) is 0 Å². The highest BCUT2D eigenvalue weighted by atomic mass is 16.3. The first kappa shape index (κ1) is 15.1. The van der Waals surface area contributed by atoms with E-state index in [0.29, 0.717) is 0 Å². The maximum atomic E-state index is 8.54. The van der Waals surface area contributed by atoms with E-state index in [-0.39, 0.29) is 6.61 Å². The monoisotopic (exact) mass is 223 g/mol. The fraction of sp³-hybridized carbons (Fsp3) is 0.571. The SMILES string of the molecule is CC.C[C@@H]1CCCN1.OCc1ccccc1. The maximum Gasteiger partial charge on any atom is 0.0681 e. The van der Waals surface area contributed by atoms with Gasteiger partial charge in [-0.2, -0.15) is 0 Å². The van der Waals surface area contributed by atoms with Gasteiger partial charge in [-0.3, -0.25) is 0 Å². The number of benzene rings is 1. The number of rotatable bonds is 1. The number of aliphatic hydroxyl groups excluding tert-OH is 1. The zero-order chi connectivity index (χ0) is 12.2. The summed E-state index contributed by atoms with van der Waals surface area (Å²) in [5.74, 6) is 0. The van der Waals surface area contributed by atoms with Crippen molar-refractivity contribution in [3.05, 3.63) is 35.9 Å². The number of nitrogens with one attached hydrogen (secondary N) is 1. The Bertz CT molecular complexity index is 230. The lowest BCUT2D eigenvalue weighted by molar-refractivity contribution is 0.282. The molecule has 0 aliphatic carbocycles. The minimum Gasteiger partial charge on any atom is -0.392 e. The zero-order valence-electron chi connectivity index (χ0n) is 10.7. The molecule has 1 fully saturated rings. The summed E-state index contributed by atoms with van der Waals surface area (Å²) in [5, 5.41) is 11.9. The molecule has 0 bridgehead atoms. The van der Waals surface area contributed by atoms with Crippen LogP contribution in [0.5, 0.6) is 0 Å². The molecule has 1 heterocycles. The summed E-state index contributed by atoms with van der Waals surface area (Å²) >= 11 is 0. The van der Waals surface area contributed by atoms with E-state index in [9.17, 15) is 0 Å². The highest BCUT2D eigenvalue weighted by Gasteiger charge is 2.05. The van der Waals surface area contributed by atoms with E-state index in [1.165, 1.54) is 19.4 Å². The van der Waals surface area contributed by atoms with Crippen molar-refractivity contribution in [2.45, 2.75) is 46.3 Å². The van der Waals surface area contributed by atoms with Gasteiger partial charge in [-0.1, -0.05) is 44.2 Å². The average molecular weight is 223 g/mol. The Morgan fingerprint density at radius 3 is 2.12 bits per heavy atom. The molecule has 0 aromatic heterocycles. The van der Waals surface area contributed by atoms with Gasteiger partial charge in [-0.15, -0.1) is 0 Å². The van der Waals surface area contributed by atoms with E-state index in [1.54, 1.807) is 0 Å². The third-order valence-corrected chi connectivity index (χ3v) is 2.33. The van der Waals surface area contributed by atoms with Crippen LogP contribution in [0.25, 0.3) is 0 Å². The Kier molecular flexibility index (Phi) is 10.1. The zero-order valence-corrected chi connectivity index (χ0v) is 10.7. The van der Waals surface area contributed by atoms with Crippen molar-refractivity contribution in [3.8, 4) is 0 Å². The molecular formula is C14H25NO. The summed E-state index contributed by atoms with van der Waals surface area (Å²) in [7, 11) is 0. The Morgan fingerprint density at radius 1 is 1.25 bits per heavy atom. The highest BCUT2D eigenvalue weighted by molar-refractivity contribution is 5.12. The highest BCUT2D eigenvalue weighted by Crippen LogP contribution is 2.01. The molecule has 1 saturated heterocycles. The topological polar surface area (TPSA) is 32.3 Å². The second-order valence-electron chi connectivity index (χ2n) is 3.64. The summed E-state index contributed by atoms with van der Waals surface area (Å²) in [6.07, 6.45) is 2.75. The largest absolute Gasteiger partial charge is 0.392 e. The van der Waals surface area contributed by atoms with Crippen LogP contribution in [-0.4, -0.2) is 17.7 Å². The van der Waals surface area contributed by atoms with Crippen molar-refractivity contribution < 1.29 is 5.11 Å². The molecular weight excluding hydrogens is 198 g/mol. The van der Waals surface area contributed by atoms with Crippen molar-refractivity contribution >= 4 is 0 Å². The molecule has 92 valence electrons. The summed E-state index contributed by atoms with van der Waals surface area (Å²) in [6.45, 7) is 7.61. The van der Waals surface area contributed by atoms with Gasteiger partial charge in [0.1, 0.15) is 0 Å². The fourth-order valence-electron chi connectivity index (χ4n) is 1.44. The molecule has 2 N–H and O–H groups in total. The van der Waals surface area contributed by atoms with Crippen LogP contribution in [0, 0.1) is 0 Å². The van der Waals surface area contributed by atoms with E-state index in [0.717, 1.165) is 11.6 Å². The molecule has 2 rings (SSSR count). The molecule has 2 heteroatoms. The van der Waals surface area contributed by atoms with Crippen LogP contribution in [0.2, 0.25) is 0 Å². The molecule has 0 saturated carbocycles. The first-order chi connectivity index (χ1) is 7.83. The predicted molar refractivity (Wildman–Crippen MR) is 70.4 cm³/mol. The quantitative estimate of drug-likeness (QED) is 0.767. The van der Waals surface area contributed by atoms with Crippen molar-refractivity contribution in [1.29, 1.82) is 0 Å². The van der Waals surface area contributed by atoms with Crippen LogP contribution in [0.15, 0.2) is 30.3 Å². The predicted octanol–water partition coefficient (Wildman–Crippen LogP) is 2.96. The first-order valence-electron chi connectivity index (χ1n) is 6.21. The summed E-state index contributed by atoms with van der Waals surface area (Å²) in [6, 6.07) is 10.3. The minimum absolute atomic E-state index is 0.140.